The van der Waals surface area contributed by atoms with Crippen molar-refractivity contribution in [1.82, 2.24) is 0 Å². The second-order valence-electron chi connectivity index (χ2n) is 1.96. The van der Waals surface area contributed by atoms with Crippen LogP contribution in [-0.2, 0) is 0 Å². The molecule has 56 valence electrons. The van der Waals surface area contributed by atoms with Gasteiger partial charge in [0.15, 0.2) is 0 Å². The summed E-state index contributed by atoms with van der Waals surface area (Å²) in [6.45, 7) is 3.28. The van der Waals surface area contributed by atoms with Gasteiger partial charge in [-0.3, -0.25) is 0 Å². The SMILES string of the molecule is C/C=C(C#N)\C(N)=C(/C)C#N. The fourth-order valence-corrected chi connectivity index (χ4v) is 0.543. The average molecular weight is 147 g/mol. The molecule has 0 atom stereocenters. The van der Waals surface area contributed by atoms with Crippen molar-refractivity contribution in [3.05, 3.63) is 22.9 Å². The summed E-state index contributed by atoms with van der Waals surface area (Å²) in [4.78, 5) is 0. The normalized spacial score (nSPS) is 12.9. The molecule has 0 aliphatic rings. The summed E-state index contributed by atoms with van der Waals surface area (Å²) in [5.74, 6) is 0. The van der Waals surface area contributed by atoms with Gasteiger partial charge in [-0.25, -0.2) is 0 Å². The lowest BCUT2D eigenvalue weighted by molar-refractivity contribution is 1.26. The van der Waals surface area contributed by atoms with Gasteiger partial charge in [0.2, 0.25) is 0 Å². The highest BCUT2D eigenvalue weighted by Gasteiger charge is 2.01. The van der Waals surface area contributed by atoms with Gasteiger partial charge in [-0.2, -0.15) is 10.5 Å². The zero-order valence-corrected chi connectivity index (χ0v) is 6.55. The van der Waals surface area contributed by atoms with Gasteiger partial charge in [0, 0.05) is 0 Å². The van der Waals surface area contributed by atoms with Crippen molar-refractivity contribution in [3.8, 4) is 12.1 Å². The minimum atomic E-state index is 0.262. The predicted molar refractivity (Wildman–Crippen MR) is 41.9 cm³/mol. The Hall–Kier alpha value is -1.74. The third-order valence-corrected chi connectivity index (χ3v) is 1.27. The molecular formula is C8H9N3. The van der Waals surface area contributed by atoms with Crippen LogP contribution in [0.4, 0.5) is 0 Å². The van der Waals surface area contributed by atoms with Gasteiger partial charge in [-0.05, 0) is 13.8 Å². The number of nitrogens with zero attached hydrogens (tertiary/aromatic N) is 2. The maximum Gasteiger partial charge on any atom is 0.101 e. The third-order valence-electron chi connectivity index (χ3n) is 1.27. The summed E-state index contributed by atoms with van der Waals surface area (Å²) in [7, 11) is 0. The van der Waals surface area contributed by atoms with Gasteiger partial charge in [0.25, 0.3) is 0 Å². The maximum atomic E-state index is 8.50. The van der Waals surface area contributed by atoms with E-state index in [9.17, 15) is 0 Å². The Morgan fingerprint density at radius 3 is 2.18 bits per heavy atom. The van der Waals surface area contributed by atoms with Crippen molar-refractivity contribution in [2.24, 2.45) is 5.73 Å². The molecule has 0 bridgehead atoms. The Balaban J connectivity index is 4.95. The zero-order valence-electron chi connectivity index (χ0n) is 6.55. The molecule has 0 saturated carbocycles. The highest BCUT2D eigenvalue weighted by molar-refractivity contribution is 5.45. The lowest BCUT2D eigenvalue weighted by Crippen LogP contribution is -2.02. The average Bonchev–Trinajstić information content (AvgIpc) is 2.05. The van der Waals surface area contributed by atoms with Crippen LogP contribution in [-0.4, -0.2) is 0 Å². The van der Waals surface area contributed by atoms with Crippen molar-refractivity contribution in [2.75, 3.05) is 0 Å². The summed E-state index contributed by atoms with van der Waals surface area (Å²) in [5.41, 5.74) is 6.45. The fraction of sp³-hybridized carbons (Fsp3) is 0.250. The van der Waals surface area contributed by atoms with Crippen LogP contribution in [0.15, 0.2) is 22.9 Å². The van der Waals surface area contributed by atoms with E-state index in [2.05, 4.69) is 0 Å². The Morgan fingerprint density at radius 1 is 1.36 bits per heavy atom. The van der Waals surface area contributed by atoms with Gasteiger partial charge < -0.3 is 5.73 Å². The second-order valence-corrected chi connectivity index (χ2v) is 1.96. The van der Waals surface area contributed by atoms with Crippen molar-refractivity contribution in [1.29, 1.82) is 10.5 Å². The number of rotatable bonds is 1. The lowest BCUT2D eigenvalue weighted by Gasteiger charge is -1.97. The van der Waals surface area contributed by atoms with Crippen LogP contribution in [0.2, 0.25) is 0 Å². The molecule has 11 heavy (non-hydrogen) atoms. The Kier molecular flexibility index (Phi) is 3.48. The van der Waals surface area contributed by atoms with Gasteiger partial charge >= 0.3 is 0 Å². The highest BCUT2D eigenvalue weighted by Crippen LogP contribution is 2.06. The van der Waals surface area contributed by atoms with E-state index in [0.29, 0.717) is 11.1 Å². The molecule has 0 aromatic heterocycles. The molecule has 0 spiro atoms. The first kappa shape index (κ1) is 9.26. The van der Waals surface area contributed by atoms with Gasteiger partial charge in [0.05, 0.1) is 22.9 Å². The Morgan fingerprint density at radius 2 is 1.91 bits per heavy atom. The quantitative estimate of drug-likeness (QED) is 0.447. The largest absolute Gasteiger partial charge is 0.397 e. The van der Waals surface area contributed by atoms with E-state index < -0.39 is 0 Å². The van der Waals surface area contributed by atoms with Crippen molar-refractivity contribution in [3.63, 3.8) is 0 Å². The van der Waals surface area contributed by atoms with Crippen LogP contribution < -0.4 is 5.73 Å². The van der Waals surface area contributed by atoms with Gasteiger partial charge in [-0.1, -0.05) is 6.08 Å². The fourth-order valence-electron chi connectivity index (χ4n) is 0.543. The molecule has 0 saturated heterocycles. The first-order valence-electron chi connectivity index (χ1n) is 3.10. The summed E-state index contributed by atoms with van der Waals surface area (Å²) < 4.78 is 0. The molecule has 0 rings (SSSR count). The number of allylic oxidation sites excluding steroid dienone is 3. The highest BCUT2D eigenvalue weighted by atomic mass is 14.6. The number of hydrogen-bond donors (Lipinski definition) is 1. The summed E-state index contributed by atoms with van der Waals surface area (Å²) >= 11 is 0. The standard InChI is InChI=1S/C8H9N3/c1-3-7(5-10)8(11)6(2)4-9/h3H,11H2,1-2H3/b7-3-,8-6-. The molecule has 0 heterocycles. The van der Waals surface area contributed by atoms with Crippen LogP contribution >= 0.6 is 0 Å². The molecule has 0 aromatic rings. The molecule has 3 heteroatoms. The zero-order chi connectivity index (χ0) is 8.85. The molecule has 0 amide bonds. The Labute approximate surface area is 66.0 Å². The van der Waals surface area contributed by atoms with Crippen LogP contribution in [0, 0.1) is 22.7 Å². The van der Waals surface area contributed by atoms with Crippen LogP contribution in [0.5, 0.6) is 0 Å². The van der Waals surface area contributed by atoms with Crippen molar-refractivity contribution in [2.45, 2.75) is 13.8 Å². The maximum absolute atomic E-state index is 8.50. The van der Waals surface area contributed by atoms with E-state index in [1.165, 1.54) is 0 Å². The number of nitriles is 2. The van der Waals surface area contributed by atoms with E-state index in [1.807, 2.05) is 12.1 Å². The van der Waals surface area contributed by atoms with Crippen LogP contribution in [0.3, 0.4) is 0 Å². The molecule has 2 N–H and O–H groups in total. The molecule has 0 aromatic carbocycles. The van der Waals surface area contributed by atoms with E-state index in [-0.39, 0.29) is 5.70 Å². The number of hydrogen-bond acceptors (Lipinski definition) is 3. The summed E-state index contributed by atoms with van der Waals surface area (Å²) in [5, 5.41) is 16.9. The van der Waals surface area contributed by atoms with Crippen LogP contribution in [0.1, 0.15) is 13.8 Å². The van der Waals surface area contributed by atoms with E-state index in [0.717, 1.165) is 0 Å². The first-order valence-corrected chi connectivity index (χ1v) is 3.10. The Bertz CT molecular complexity index is 283. The molecule has 0 radical (unpaired) electrons. The lowest BCUT2D eigenvalue weighted by atomic mass is 10.1. The van der Waals surface area contributed by atoms with Crippen LogP contribution in [0.25, 0.3) is 0 Å². The third kappa shape index (κ3) is 2.15. The summed E-state index contributed by atoms with van der Waals surface area (Å²) in [6.07, 6.45) is 1.58. The van der Waals surface area contributed by atoms with E-state index in [1.54, 1.807) is 19.9 Å². The smallest absolute Gasteiger partial charge is 0.101 e. The van der Waals surface area contributed by atoms with E-state index >= 15 is 0 Å². The molecular weight excluding hydrogens is 138 g/mol. The van der Waals surface area contributed by atoms with Crippen molar-refractivity contribution >= 4 is 0 Å². The second kappa shape index (κ2) is 4.14. The van der Waals surface area contributed by atoms with Gasteiger partial charge in [-0.15, -0.1) is 0 Å². The van der Waals surface area contributed by atoms with E-state index in [4.69, 9.17) is 16.3 Å². The molecule has 3 nitrogen and oxygen atoms in total. The molecule has 0 unspecified atom stereocenters. The molecule has 0 fully saturated rings. The topological polar surface area (TPSA) is 73.6 Å². The molecule has 0 aliphatic heterocycles. The van der Waals surface area contributed by atoms with Gasteiger partial charge in [0.1, 0.15) is 6.07 Å². The minimum Gasteiger partial charge on any atom is -0.397 e. The first-order chi connectivity index (χ1) is 5.17. The minimum absolute atomic E-state index is 0.262. The monoisotopic (exact) mass is 147 g/mol. The number of nitrogens with two attached hydrogens (primary N) is 1. The summed E-state index contributed by atoms with van der Waals surface area (Å²) in [6, 6.07) is 3.77. The van der Waals surface area contributed by atoms with Crippen molar-refractivity contribution < 1.29 is 0 Å². The molecule has 0 aliphatic carbocycles. The predicted octanol–water partition coefficient (Wildman–Crippen LogP) is 1.21.